The minimum Gasteiger partial charge on any atom is -0.399 e. The van der Waals surface area contributed by atoms with Crippen LogP contribution in [-0.4, -0.2) is 12.8 Å². The van der Waals surface area contributed by atoms with E-state index >= 15 is 0 Å². The van der Waals surface area contributed by atoms with Gasteiger partial charge in [-0.15, -0.1) is 0 Å². The second kappa shape index (κ2) is 7.69. The molecule has 0 N–H and O–H groups in total. The Morgan fingerprint density at radius 3 is 2.75 bits per heavy atom. The van der Waals surface area contributed by atoms with Gasteiger partial charge in [0.05, 0.1) is 5.71 Å². The molecule has 1 aromatic rings. The number of hydrogen-bond donors (Lipinski definition) is 0. The van der Waals surface area contributed by atoms with Gasteiger partial charge in [-0.25, -0.2) is 0 Å². The third kappa shape index (κ3) is 5.35. The van der Waals surface area contributed by atoms with E-state index in [1.807, 2.05) is 19.1 Å². The number of rotatable bonds is 6. The van der Waals surface area contributed by atoms with Crippen LogP contribution in [0.4, 0.5) is 0 Å². The third-order valence-corrected chi connectivity index (χ3v) is 2.27. The predicted octanol–water partition coefficient (Wildman–Crippen LogP) is 3.59. The SMILES string of the molecule is CON=C(C)C=CCCCc1ccccc1. The van der Waals surface area contributed by atoms with Crippen LogP contribution in [0.3, 0.4) is 0 Å². The van der Waals surface area contributed by atoms with Crippen LogP contribution < -0.4 is 0 Å². The van der Waals surface area contributed by atoms with Crippen LogP contribution in [0.15, 0.2) is 47.6 Å². The van der Waals surface area contributed by atoms with Crippen LogP contribution in [-0.2, 0) is 11.3 Å². The Morgan fingerprint density at radius 1 is 1.31 bits per heavy atom. The van der Waals surface area contributed by atoms with Gasteiger partial charge >= 0.3 is 0 Å². The molecular weight excluding hydrogens is 198 g/mol. The molecule has 0 atom stereocenters. The Bertz CT molecular complexity index is 341. The van der Waals surface area contributed by atoms with Gasteiger partial charge in [-0.3, -0.25) is 0 Å². The van der Waals surface area contributed by atoms with Gasteiger partial charge in [0.1, 0.15) is 7.11 Å². The second-order valence-corrected chi connectivity index (χ2v) is 3.70. The van der Waals surface area contributed by atoms with Gasteiger partial charge < -0.3 is 4.84 Å². The molecule has 0 aliphatic heterocycles. The molecule has 0 saturated carbocycles. The quantitative estimate of drug-likeness (QED) is 0.405. The summed E-state index contributed by atoms with van der Waals surface area (Å²) in [6, 6.07) is 10.6. The monoisotopic (exact) mass is 217 g/mol. The van der Waals surface area contributed by atoms with Crippen LogP contribution >= 0.6 is 0 Å². The molecule has 0 amide bonds. The second-order valence-electron chi connectivity index (χ2n) is 3.70. The highest BCUT2D eigenvalue weighted by Crippen LogP contribution is 2.04. The van der Waals surface area contributed by atoms with Gasteiger partial charge in [0, 0.05) is 0 Å². The number of nitrogens with zero attached hydrogens (tertiary/aromatic N) is 1. The van der Waals surface area contributed by atoms with Crippen LogP contribution in [0, 0.1) is 0 Å². The highest BCUT2D eigenvalue weighted by atomic mass is 16.6. The largest absolute Gasteiger partial charge is 0.399 e. The molecule has 0 radical (unpaired) electrons. The van der Waals surface area contributed by atoms with Crippen LogP contribution in [0.25, 0.3) is 0 Å². The van der Waals surface area contributed by atoms with Crippen molar-refractivity contribution in [2.24, 2.45) is 5.16 Å². The lowest BCUT2D eigenvalue weighted by molar-refractivity contribution is 0.213. The Kier molecular flexibility index (Phi) is 6.00. The summed E-state index contributed by atoms with van der Waals surface area (Å²) < 4.78 is 0. The first-order chi connectivity index (χ1) is 7.83. The third-order valence-electron chi connectivity index (χ3n) is 2.27. The van der Waals surface area contributed by atoms with Gasteiger partial charge in [-0.2, -0.15) is 0 Å². The molecule has 0 aromatic heterocycles. The summed E-state index contributed by atoms with van der Waals surface area (Å²) in [6.45, 7) is 1.93. The standard InChI is InChI=1S/C14H19NO/c1-13(15-16-2)9-5-3-6-10-14-11-7-4-8-12-14/h4-5,7-9,11-12H,3,6,10H2,1-2H3. The number of unbranched alkanes of at least 4 members (excludes halogenated alkanes) is 1. The minimum absolute atomic E-state index is 0.905. The van der Waals surface area contributed by atoms with Crippen molar-refractivity contribution in [1.82, 2.24) is 0 Å². The van der Waals surface area contributed by atoms with Crippen molar-refractivity contribution in [2.45, 2.75) is 26.2 Å². The molecule has 2 heteroatoms. The average Bonchev–Trinajstić information content (AvgIpc) is 2.30. The van der Waals surface area contributed by atoms with E-state index in [4.69, 9.17) is 0 Å². The zero-order valence-corrected chi connectivity index (χ0v) is 10.0. The van der Waals surface area contributed by atoms with Crippen molar-refractivity contribution in [3.63, 3.8) is 0 Å². The summed E-state index contributed by atoms with van der Waals surface area (Å²) >= 11 is 0. The lowest BCUT2D eigenvalue weighted by Crippen LogP contribution is -1.86. The number of oxime groups is 1. The van der Waals surface area contributed by atoms with Crippen molar-refractivity contribution in [1.29, 1.82) is 0 Å². The molecule has 86 valence electrons. The fourth-order valence-corrected chi connectivity index (χ4v) is 1.50. The molecule has 0 unspecified atom stereocenters. The summed E-state index contributed by atoms with van der Waals surface area (Å²) in [5.41, 5.74) is 2.31. The van der Waals surface area contributed by atoms with Crippen molar-refractivity contribution < 1.29 is 4.84 Å². The minimum atomic E-state index is 0.905. The molecule has 1 rings (SSSR count). The predicted molar refractivity (Wildman–Crippen MR) is 68.6 cm³/mol. The molecule has 0 aliphatic carbocycles. The number of aryl methyl sites for hydroxylation is 1. The van der Waals surface area contributed by atoms with E-state index in [0.717, 1.165) is 18.6 Å². The van der Waals surface area contributed by atoms with Crippen LogP contribution in [0.2, 0.25) is 0 Å². The van der Waals surface area contributed by atoms with E-state index in [1.54, 1.807) is 7.11 Å². The first-order valence-electron chi connectivity index (χ1n) is 5.61. The van der Waals surface area contributed by atoms with Crippen molar-refractivity contribution in [2.75, 3.05) is 7.11 Å². The van der Waals surface area contributed by atoms with Crippen molar-refractivity contribution >= 4 is 5.71 Å². The molecular formula is C14H19NO. The molecule has 0 fully saturated rings. The fourth-order valence-electron chi connectivity index (χ4n) is 1.50. The zero-order valence-electron chi connectivity index (χ0n) is 10.0. The summed E-state index contributed by atoms with van der Waals surface area (Å²) in [5, 5.41) is 3.81. The molecule has 2 nitrogen and oxygen atoms in total. The van der Waals surface area contributed by atoms with Gasteiger partial charge in [-0.1, -0.05) is 41.6 Å². The number of hydrogen-bond acceptors (Lipinski definition) is 2. The summed E-state index contributed by atoms with van der Waals surface area (Å²) in [4.78, 5) is 4.67. The smallest absolute Gasteiger partial charge is 0.106 e. The average molecular weight is 217 g/mol. The Hall–Kier alpha value is -1.57. The number of allylic oxidation sites excluding steroid dienone is 2. The molecule has 0 bridgehead atoms. The normalized spacial score (nSPS) is 12.0. The Morgan fingerprint density at radius 2 is 2.06 bits per heavy atom. The maximum absolute atomic E-state index is 4.67. The van der Waals surface area contributed by atoms with Crippen LogP contribution in [0.1, 0.15) is 25.3 Å². The molecule has 0 heterocycles. The highest BCUT2D eigenvalue weighted by Gasteiger charge is 1.90. The molecule has 1 aromatic carbocycles. The Labute approximate surface area is 97.6 Å². The van der Waals surface area contributed by atoms with Crippen molar-refractivity contribution in [3.05, 3.63) is 48.0 Å². The Balaban J connectivity index is 2.20. The van der Waals surface area contributed by atoms with Gasteiger partial charge in [0.15, 0.2) is 0 Å². The molecule has 0 saturated heterocycles. The first-order valence-corrected chi connectivity index (χ1v) is 5.61. The van der Waals surface area contributed by atoms with E-state index in [9.17, 15) is 0 Å². The number of benzene rings is 1. The summed E-state index contributed by atoms with van der Waals surface area (Å²) in [6.07, 6.45) is 7.51. The van der Waals surface area contributed by atoms with Crippen molar-refractivity contribution in [3.8, 4) is 0 Å². The van der Waals surface area contributed by atoms with E-state index in [0.29, 0.717) is 0 Å². The van der Waals surface area contributed by atoms with Gasteiger partial charge in [-0.05, 0) is 37.8 Å². The van der Waals surface area contributed by atoms with Gasteiger partial charge in [0.25, 0.3) is 0 Å². The zero-order chi connectivity index (χ0) is 11.6. The van der Waals surface area contributed by atoms with Gasteiger partial charge in [0.2, 0.25) is 0 Å². The maximum atomic E-state index is 4.67. The maximum Gasteiger partial charge on any atom is 0.106 e. The van der Waals surface area contributed by atoms with E-state index < -0.39 is 0 Å². The van der Waals surface area contributed by atoms with E-state index in [-0.39, 0.29) is 0 Å². The molecule has 16 heavy (non-hydrogen) atoms. The van der Waals surface area contributed by atoms with E-state index in [1.165, 1.54) is 12.0 Å². The van der Waals surface area contributed by atoms with E-state index in [2.05, 4.69) is 40.3 Å². The lowest BCUT2D eigenvalue weighted by Gasteiger charge is -1.98. The molecule has 0 spiro atoms. The molecule has 0 aliphatic rings. The first kappa shape index (κ1) is 12.5. The van der Waals surface area contributed by atoms with Crippen LogP contribution in [0.5, 0.6) is 0 Å². The fraction of sp³-hybridized carbons (Fsp3) is 0.357. The summed E-state index contributed by atoms with van der Waals surface area (Å²) in [5.74, 6) is 0. The highest BCUT2D eigenvalue weighted by molar-refractivity contribution is 5.92. The lowest BCUT2D eigenvalue weighted by atomic mass is 10.1. The topological polar surface area (TPSA) is 21.6 Å². The summed E-state index contributed by atoms with van der Waals surface area (Å²) in [7, 11) is 1.56.